The molecule has 0 aliphatic carbocycles. The van der Waals surface area contributed by atoms with Gasteiger partial charge in [0.05, 0.1) is 6.10 Å². The molecule has 2 N–H and O–H groups in total. The summed E-state index contributed by atoms with van der Waals surface area (Å²) < 4.78 is 0. The molecular formula is C11H23NO. The van der Waals surface area contributed by atoms with Crippen molar-refractivity contribution in [3.63, 3.8) is 0 Å². The predicted octanol–water partition coefficient (Wildman–Crippen LogP) is 2.09. The Morgan fingerprint density at radius 2 is 2.15 bits per heavy atom. The fraction of sp³-hybridized carbons (Fsp3) is 0.818. The first kappa shape index (κ1) is 12.7. The molecule has 2 nitrogen and oxygen atoms in total. The van der Waals surface area contributed by atoms with Gasteiger partial charge in [0.2, 0.25) is 0 Å². The molecular weight excluding hydrogens is 162 g/mol. The third-order valence-electron chi connectivity index (χ3n) is 2.11. The van der Waals surface area contributed by atoms with Crippen LogP contribution in [0.1, 0.15) is 39.0 Å². The summed E-state index contributed by atoms with van der Waals surface area (Å²) in [5.74, 6) is 0. The Balaban J connectivity index is 2.95. The normalized spacial score (nSPS) is 12.8. The highest BCUT2D eigenvalue weighted by Gasteiger charge is 1.97. The van der Waals surface area contributed by atoms with Crippen molar-refractivity contribution in [1.82, 2.24) is 5.32 Å². The van der Waals surface area contributed by atoms with E-state index in [9.17, 15) is 5.11 Å². The van der Waals surface area contributed by atoms with Crippen molar-refractivity contribution in [2.75, 3.05) is 13.1 Å². The topological polar surface area (TPSA) is 32.3 Å². The van der Waals surface area contributed by atoms with Gasteiger partial charge in [0.1, 0.15) is 0 Å². The van der Waals surface area contributed by atoms with Crippen LogP contribution >= 0.6 is 0 Å². The molecule has 1 atom stereocenters. The first-order chi connectivity index (χ1) is 6.31. The summed E-state index contributed by atoms with van der Waals surface area (Å²) in [5.41, 5.74) is 0. The predicted molar refractivity (Wildman–Crippen MR) is 57.8 cm³/mol. The van der Waals surface area contributed by atoms with Crippen LogP contribution in [0.4, 0.5) is 0 Å². The van der Waals surface area contributed by atoms with E-state index in [2.05, 4.69) is 11.9 Å². The minimum atomic E-state index is -0.173. The monoisotopic (exact) mass is 185 g/mol. The van der Waals surface area contributed by atoms with Crippen molar-refractivity contribution in [3.05, 3.63) is 12.7 Å². The number of nitrogens with one attached hydrogen (secondary N) is 1. The first-order valence-corrected chi connectivity index (χ1v) is 5.31. The van der Waals surface area contributed by atoms with Crippen LogP contribution in [0.25, 0.3) is 0 Å². The van der Waals surface area contributed by atoms with Crippen LogP contribution in [0.15, 0.2) is 12.7 Å². The number of aliphatic hydroxyl groups excluding tert-OH is 1. The number of rotatable bonds is 9. The van der Waals surface area contributed by atoms with E-state index >= 15 is 0 Å². The number of hydrogen-bond donors (Lipinski definition) is 2. The average Bonchev–Trinajstić information content (AvgIpc) is 2.16. The Bertz CT molecular complexity index is 115. The Kier molecular flexibility index (Phi) is 9.49. The van der Waals surface area contributed by atoms with Gasteiger partial charge in [0.25, 0.3) is 0 Å². The van der Waals surface area contributed by atoms with E-state index in [-0.39, 0.29) is 6.10 Å². The van der Waals surface area contributed by atoms with Gasteiger partial charge in [-0.3, -0.25) is 0 Å². The summed E-state index contributed by atoms with van der Waals surface area (Å²) >= 11 is 0. The second kappa shape index (κ2) is 9.75. The molecule has 0 heterocycles. The Morgan fingerprint density at radius 3 is 2.77 bits per heavy atom. The Hall–Kier alpha value is -0.340. The van der Waals surface area contributed by atoms with Crippen molar-refractivity contribution in [2.24, 2.45) is 0 Å². The Morgan fingerprint density at radius 1 is 1.38 bits per heavy atom. The molecule has 0 spiro atoms. The average molecular weight is 185 g/mol. The summed E-state index contributed by atoms with van der Waals surface area (Å²) in [4.78, 5) is 0. The van der Waals surface area contributed by atoms with Gasteiger partial charge in [-0.25, -0.2) is 0 Å². The van der Waals surface area contributed by atoms with Gasteiger partial charge < -0.3 is 10.4 Å². The van der Waals surface area contributed by atoms with Gasteiger partial charge >= 0.3 is 0 Å². The summed E-state index contributed by atoms with van der Waals surface area (Å²) in [6.07, 6.45) is 7.44. The lowest BCUT2D eigenvalue weighted by molar-refractivity contribution is 0.167. The Labute approximate surface area is 82.0 Å². The minimum absolute atomic E-state index is 0.173. The number of aliphatic hydroxyl groups is 1. The van der Waals surface area contributed by atoms with Crippen LogP contribution in [0.2, 0.25) is 0 Å². The lowest BCUT2D eigenvalue weighted by Crippen LogP contribution is -2.26. The zero-order chi connectivity index (χ0) is 9.94. The number of allylic oxidation sites excluding steroid dienone is 1. The molecule has 0 aromatic rings. The molecule has 0 aromatic heterocycles. The fourth-order valence-electron chi connectivity index (χ4n) is 1.13. The molecule has 0 aliphatic rings. The van der Waals surface area contributed by atoms with Gasteiger partial charge in [-0.1, -0.05) is 19.4 Å². The summed E-state index contributed by atoms with van der Waals surface area (Å²) in [5, 5.41) is 12.5. The molecule has 0 saturated carbocycles. The minimum Gasteiger partial charge on any atom is -0.392 e. The lowest BCUT2D eigenvalue weighted by Gasteiger charge is -2.08. The molecule has 0 radical (unpaired) electrons. The van der Waals surface area contributed by atoms with Gasteiger partial charge in [-0.2, -0.15) is 0 Å². The van der Waals surface area contributed by atoms with E-state index in [1.54, 1.807) is 0 Å². The quantitative estimate of drug-likeness (QED) is 0.426. The maximum atomic E-state index is 9.22. The molecule has 78 valence electrons. The largest absolute Gasteiger partial charge is 0.392 e. The molecule has 1 unspecified atom stereocenters. The van der Waals surface area contributed by atoms with Crippen molar-refractivity contribution in [1.29, 1.82) is 0 Å². The highest BCUT2D eigenvalue weighted by Crippen LogP contribution is 1.98. The van der Waals surface area contributed by atoms with Crippen LogP contribution in [0, 0.1) is 0 Å². The standard InChI is InChI=1S/C11H23NO/c1-3-5-6-7-8-9-12-10-11(13)4-2/h3,11-13H,1,4-10H2,2H3. The zero-order valence-corrected chi connectivity index (χ0v) is 8.76. The fourth-order valence-corrected chi connectivity index (χ4v) is 1.13. The van der Waals surface area contributed by atoms with Gasteiger partial charge in [0, 0.05) is 6.54 Å². The number of hydrogen-bond acceptors (Lipinski definition) is 2. The van der Waals surface area contributed by atoms with Crippen molar-refractivity contribution >= 4 is 0 Å². The van der Waals surface area contributed by atoms with E-state index in [1.807, 2.05) is 13.0 Å². The van der Waals surface area contributed by atoms with Crippen molar-refractivity contribution in [2.45, 2.75) is 45.1 Å². The molecule has 2 heteroatoms. The maximum absolute atomic E-state index is 9.22. The number of unbranched alkanes of at least 4 members (excludes halogenated alkanes) is 3. The van der Waals surface area contributed by atoms with Gasteiger partial charge in [-0.15, -0.1) is 6.58 Å². The molecule has 0 amide bonds. The lowest BCUT2D eigenvalue weighted by atomic mass is 10.2. The summed E-state index contributed by atoms with van der Waals surface area (Å²) in [6.45, 7) is 7.43. The second-order valence-corrected chi connectivity index (χ2v) is 3.40. The molecule has 0 bridgehead atoms. The zero-order valence-electron chi connectivity index (χ0n) is 8.76. The highest BCUT2D eigenvalue weighted by atomic mass is 16.3. The summed E-state index contributed by atoms with van der Waals surface area (Å²) in [7, 11) is 0. The third-order valence-corrected chi connectivity index (χ3v) is 2.11. The highest BCUT2D eigenvalue weighted by molar-refractivity contribution is 4.65. The third kappa shape index (κ3) is 9.57. The van der Waals surface area contributed by atoms with Gasteiger partial charge in [-0.05, 0) is 32.2 Å². The van der Waals surface area contributed by atoms with E-state index in [0.29, 0.717) is 0 Å². The second-order valence-electron chi connectivity index (χ2n) is 3.40. The van der Waals surface area contributed by atoms with Crippen LogP contribution in [0.5, 0.6) is 0 Å². The smallest absolute Gasteiger partial charge is 0.0662 e. The van der Waals surface area contributed by atoms with Crippen LogP contribution < -0.4 is 5.32 Å². The summed E-state index contributed by atoms with van der Waals surface area (Å²) in [6, 6.07) is 0. The van der Waals surface area contributed by atoms with E-state index in [4.69, 9.17) is 0 Å². The van der Waals surface area contributed by atoms with Crippen molar-refractivity contribution < 1.29 is 5.11 Å². The molecule has 0 rings (SSSR count). The van der Waals surface area contributed by atoms with E-state index in [0.717, 1.165) is 25.9 Å². The van der Waals surface area contributed by atoms with Crippen molar-refractivity contribution in [3.8, 4) is 0 Å². The van der Waals surface area contributed by atoms with E-state index < -0.39 is 0 Å². The van der Waals surface area contributed by atoms with Crippen LogP contribution in [-0.2, 0) is 0 Å². The molecule has 13 heavy (non-hydrogen) atoms. The van der Waals surface area contributed by atoms with Crippen LogP contribution in [0.3, 0.4) is 0 Å². The molecule has 0 aliphatic heterocycles. The first-order valence-electron chi connectivity index (χ1n) is 5.31. The van der Waals surface area contributed by atoms with E-state index in [1.165, 1.54) is 19.3 Å². The molecule has 0 saturated heterocycles. The SMILES string of the molecule is C=CCCCCCNCC(O)CC. The van der Waals surface area contributed by atoms with Crippen LogP contribution in [-0.4, -0.2) is 24.3 Å². The molecule has 0 aromatic carbocycles. The molecule has 0 fully saturated rings. The maximum Gasteiger partial charge on any atom is 0.0662 e. The van der Waals surface area contributed by atoms with Gasteiger partial charge in [0.15, 0.2) is 0 Å².